The minimum atomic E-state index is -3.55. The maximum Gasteiger partial charge on any atom is 0.303 e. The molecule has 0 bridgehead atoms. The second-order valence-corrected chi connectivity index (χ2v) is 9.88. The molecule has 0 unspecified atom stereocenters. The van der Waals surface area contributed by atoms with Crippen LogP contribution < -0.4 is 4.31 Å². The Hall–Kier alpha value is -2.68. The maximum absolute atomic E-state index is 12.8. The molecule has 0 aromatic heterocycles. The second kappa shape index (κ2) is 10.1. The molecule has 1 heterocycles. The third-order valence-corrected chi connectivity index (χ3v) is 7.24. The van der Waals surface area contributed by atoms with Crippen molar-refractivity contribution in [1.29, 1.82) is 0 Å². The first-order chi connectivity index (χ1) is 14.8. The fourth-order valence-electron chi connectivity index (χ4n) is 3.41. The van der Waals surface area contributed by atoms with Crippen molar-refractivity contribution in [3.63, 3.8) is 0 Å². The van der Waals surface area contributed by atoms with Crippen molar-refractivity contribution in [3.8, 4) is 0 Å². The first-order valence-corrected chi connectivity index (χ1v) is 11.7. The van der Waals surface area contributed by atoms with Crippen molar-refractivity contribution >= 4 is 27.9 Å². The second-order valence-electron chi connectivity index (χ2n) is 7.71. The number of carbonyl (C=O) groups excluding carboxylic acids is 1. The molecule has 166 valence electrons. The summed E-state index contributed by atoms with van der Waals surface area (Å²) in [5.41, 5.74) is 2.26. The van der Waals surface area contributed by atoms with E-state index < -0.39 is 10.2 Å². The Morgan fingerprint density at radius 3 is 2.13 bits per heavy atom. The average Bonchev–Trinajstić information content (AvgIpc) is 2.79. The largest absolute Gasteiger partial charge is 0.336 e. The van der Waals surface area contributed by atoms with Gasteiger partial charge >= 0.3 is 10.2 Å². The third-order valence-electron chi connectivity index (χ3n) is 5.42. The van der Waals surface area contributed by atoms with Gasteiger partial charge in [0.05, 0.1) is 5.69 Å². The predicted octanol–water partition coefficient (Wildman–Crippen LogP) is 2.40. The van der Waals surface area contributed by atoms with Gasteiger partial charge in [-0.05, 0) is 29.8 Å². The summed E-state index contributed by atoms with van der Waals surface area (Å²) in [5, 5.41) is 0. The van der Waals surface area contributed by atoms with E-state index in [1.807, 2.05) is 23.1 Å². The molecule has 1 aliphatic rings. The van der Waals surface area contributed by atoms with Crippen LogP contribution in [0.25, 0.3) is 6.08 Å². The van der Waals surface area contributed by atoms with Crippen LogP contribution in [0.3, 0.4) is 0 Å². The molecular formula is C23H30N4O3S. The van der Waals surface area contributed by atoms with E-state index in [1.165, 1.54) is 31.0 Å². The summed E-state index contributed by atoms with van der Waals surface area (Å²) < 4.78 is 26.9. The standard InChI is InChI=1S/C23H30N4O3S/c1-24(2)31(29,30)25(3)22-13-11-21(12-14-22)23(28)27-18-16-26(17-19-27)15-7-10-20-8-5-4-6-9-20/h4-14H,15-19H2,1-3H3/b10-7+. The van der Waals surface area contributed by atoms with Gasteiger partial charge < -0.3 is 4.90 Å². The van der Waals surface area contributed by atoms with Crippen molar-refractivity contribution in [2.24, 2.45) is 0 Å². The molecular weight excluding hydrogens is 412 g/mol. The van der Waals surface area contributed by atoms with E-state index in [0.29, 0.717) is 24.3 Å². The van der Waals surface area contributed by atoms with Gasteiger partial charge in [-0.2, -0.15) is 12.7 Å². The van der Waals surface area contributed by atoms with Gasteiger partial charge in [0.25, 0.3) is 5.91 Å². The van der Waals surface area contributed by atoms with Crippen LogP contribution in [0.15, 0.2) is 60.7 Å². The lowest BCUT2D eigenvalue weighted by Gasteiger charge is -2.34. The van der Waals surface area contributed by atoms with Gasteiger partial charge in [0.15, 0.2) is 0 Å². The van der Waals surface area contributed by atoms with Gasteiger partial charge in [-0.1, -0.05) is 42.5 Å². The van der Waals surface area contributed by atoms with Gasteiger partial charge in [-0.15, -0.1) is 0 Å². The van der Waals surface area contributed by atoms with E-state index >= 15 is 0 Å². The zero-order valence-electron chi connectivity index (χ0n) is 18.3. The quantitative estimate of drug-likeness (QED) is 0.661. The van der Waals surface area contributed by atoms with Crippen molar-refractivity contribution in [2.75, 3.05) is 58.2 Å². The fourth-order valence-corrected chi connectivity index (χ4v) is 4.29. The number of piperazine rings is 1. The number of benzene rings is 2. The third kappa shape index (κ3) is 5.72. The van der Waals surface area contributed by atoms with E-state index in [0.717, 1.165) is 23.9 Å². The molecule has 0 radical (unpaired) electrons. The molecule has 31 heavy (non-hydrogen) atoms. The molecule has 2 aromatic rings. The first-order valence-electron chi connectivity index (χ1n) is 10.3. The number of anilines is 1. The highest BCUT2D eigenvalue weighted by molar-refractivity contribution is 7.90. The number of hydrogen-bond acceptors (Lipinski definition) is 4. The van der Waals surface area contributed by atoms with E-state index in [1.54, 1.807) is 24.3 Å². The molecule has 0 spiro atoms. The normalized spacial score (nSPS) is 15.5. The van der Waals surface area contributed by atoms with Crippen LogP contribution in [0.2, 0.25) is 0 Å². The molecule has 0 atom stereocenters. The Morgan fingerprint density at radius 2 is 1.55 bits per heavy atom. The lowest BCUT2D eigenvalue weighted by atomic mass is 10.1. The topological polar surface area (TPSA) is 64.2 Å². The Balaban J connectivity index is 1.53. The van der Waals surface area contributed by atoms with Gasteiger partial charge in [-0.3, -0.25) is 14.0 Å². The summed E-state index contributed by atoms with van der Waals surface area (Å²) in [6, 6.07) is 16.9. The predicted molar refractivity (Wildman–Crippen MR) is 125 cm³/mol. The zero-order chi connectivity index (χ0) is 22.4. The number of amides is 1. The average molecular weight is 443 g/mol. The fraction of sp³-hybridized carbons (Fsp3) is 0.348. The molecule has 0 N–H and O–H groups in total. The summed E-state index contributed by atoms with van der Waals surface area (Å²) in [6.45, 7) is 3.86. The Bertz CT molecular complexity index is 997. The number of hydrogen-bond donors (Lipinski definition) is 0. The monoisotopic (exact) mass is 442 g/mol. The van der Waals surface area contributed by atoms with Crippen molar-refractivity contribution < 1.29 is 13.2 Å². The number of rotatable bonds is 7. The first kappa shape index (κ1) is 23.0. The van der Waals surface area contributed by atoms with Crippen molar-refractivity contribution in [2.45, 2.75) is 0 Å². The number of nitrogens with zero attached hydrogens (tertiary/aromatic N) is 4. The van der Waals surface area contributed by atoms with Gasteiger partial charge in [0.1, 0.15) is 0 Å². The molecule has 8 heteroatoms. The van der Waals surface area contributed by atoms with Crippen LogP contribution in [0.1, 0.15) is 15.9 Å². The number of carbonyl (C=O) groups is 1. The highest BCUT2D eigenvalue weighted by Gasteiger charge is 2.23. The van der Waals surface area contributed by atoms with Crippen LogP contribution in [0.4, 0.5) is 5.69 Å². The Kier molecular flexibility index (Phi) is 7.48. The molecule has 0 saturated carbocycles. The van der Waals surface area contributed by atoms with Crippen LogP contribution in [0, 0.1) is 0 Å². The van der Waals surface area contributed by atoms with Crippen molar-refractivity contribution in [3.05, 3.63) is 71.8 Å². The lowest BCUT2D eigenvalue weighted by molar-refractivity contribution is 0.0650. The van der Waals surface area contributed by atoms with E-state index in [2.05, 4.69) is 29.2 Å². The molecule has 1 amide bonds. The Morgan fingerprint density at radius 1 is 0.935 bits per heavy atom. The van der Waals surface area contributed by atoms with Crippen LogP contribution in [0.5, 0.6) is 0 Å². The Labute approximate surface area is 185 Å². The highest BCUT2D eigenvalue weighted by atomic mass is 32.2. The molecule has 2 aromatic carbocycles. The van der Waals surface area contributed by atoms with Crippen LogP contribution in [-0.4, -0.2) is 82.3 Å². The summed E-state index contributed by atoms with van der Waals surface area (Å²) in [5.74, 6) is -0.0239. The van der Waals surface area contributed by atoms with E-state index in [4.69, 9.17) is 0 Å². The molecule has 1 aliphatic heterocycles. The smallest absolute Gasteiger partial charge is 0.303 e. The van der Waals surface area contributed by atoms with Gasteiger partial charge in [-0.25, -0.2) is 0 Å². The molecule has 1 fully saturated rings. The molecule has 3 rings (SSSR count). The summed E-state index contributed by atoms with van der Waals surface area (Å²) in [6.07, 6.45) is 4.27. The van der Waals surface area contributed by atoms with Gasteiger partial charge in [0.2, 0.25) is 0 Å². The lowest BCUT2D eigenvalue weighted by Crippen LogP contribution is -2.48. The minimum absolute atomic E-state index is 0.0239. The van der Waals surface area contributed by atoms with Crippen LogP contribution >= 0.6 is 0 Å². The van der Waals surface area contributed by atoms with E-state index in [9.17, 15) is 13.2 Å². The zero-order valence-corrected chi connectivity index (χ0v) is 19.1. The van der Waals surface area contributed by atoms with Crippen molar-refractivity contribution in [1.82, 2.24) is 14.1 Å². The van der Waals surface area contributed by atoms with Gasteiger partial charge in [0, 0.05) is 59.4 Å². The summed E-state index contributed by atoms with van der Waals surface area (Å²) in [4.78, 5) is 17.0. The highest BCUT2D eigenvalue weighted by Crippen LogP contribution is 2.19. The molecule has 0 aliphatic carbocycles. The van der Waals surface area contributed by atoms with Crippen LogP contribution in [-0.2, 0) is 10.2 Å². The molecule has 1 saturated heterocycles. The summed E-state index contributed by atoms with van der Waals surface area (Å²) >= 11 is 0. The maximum atomic E-state index is 12.8. The molecule has 7 nitrogen and oxygen atoms in total. The van der Waals surface area contributed by atoms with E-state index in [-0.39, 0.29) is 5.91 Å². The SMILES string of the molecule is CN(C)S(=O)(=O)N(C)c1ccc(C(=O)N2CCN(C/C=C/c3ccccc3)CC2)cc1. The minimum Gasteiger partial charge on any atom is -0.336 e. The summed E-state index contributed by atoms with van der Waals surface area (Å²) in [7, 11) is 0.917.